The van der Waals surface area contributed by atoms with Crippen molar-refractivity contribution in [2.24, 2.45) is 5.73 Å². The Labute approximate surface area is 117 Å². The zero-order valence-corrected chi connectivity index (χ0v) is 11.4. The molecule has 7 heteroatoms. The van der Waals surface area contributed by atoms with E-state index in [1.165, 1.54) is 6.20 Å². The molecule has 0 aromatic carbocycles. The van der Waals surface area contributed by atoms with Crippen molar-refractivity contribution in [1.82, 2.24) is 10.3 Å². The number of nitrogens with two attached hydrogens (primary N) is 2. The van der Waals surface area contributed by atoms with Crippen molar-refractivity contribution in [3.63, 3.8) is 0 Å². The number of nitrogens with one attached hydrogen (secondary N) is 1. The van der Waals surface area contributed by atoms with Crippen LogP contribution in [-0.2, 0) is 4.79 Å². The van der Waals surface area contributed by atoms with Crippen LogP contribution in [0.2, 0.25) is 0 Å². The van der Waals surface area contributed by atoms with Gasteiger partial charge in [0, 0.05) is 13.6 Å². The standard InChI is InChI=1S/C13H19N5O2/c1-16-13(20)10-4-2-3-5-18(10)11-6-8(12(15)19)9(14)7-17-11/h6-7,10H,2-5,14H2,1H3,(H2,15,19)(H,16,20). The third-order valence-electron chi connectivity index (χ3n) is 3.53. The van der Waals surface area contributed by atoms with Gasteiger partial charge in [-0.05, 0) is 25.3 Å². The average molecular weight is 277 g/mol. The Morgan fingerprint density at radius 1 is 1.45 bits per heavy atom. The summed E-state index contributed by atoms with van der Waals surface area (Å²) in [4.78, 5) is 29.4. The molecule has 2 heterocycles. The molecular weight excluding hydrogens is 258 g/mol. The predicted octanol–water partition coefficient (Wildman–Crippen LogP) is -0.132. The van der Waals surface area contributed by atoms with Gasteiger partial charge in [-0.15, -0.1) is 0 Å². The normalized spacial score (nSPS) is 18.6. The number of carbonyl (C=O) groups is 2. The lowest BCUT2D eigenvalue weighted by Gasteiger charge is -2.35. The first-order valence-electron chi connectivity index (χ1n) is 6.58. The number of amides is 2. The minimum atomic E-state index is -0.598. The second kappa shape index (κ2) is 5.77. The highest BCUT2D eigenvalue weighted by Crippen LogP contribution is 2.25. The van der Waals surface area contributed by atoms with Crippen LogP contribution in [0.4, 0.5) is 11.5 Å². The topological polar surface area (TPSA) is 114 Å². The number of pyridine rings is 1. The smallest absolute Gasteiger partial charge is 0.250 e. The average Bonchev–Trinajstić information content (AvgIpc) is 2.46. The number of likely N-dealkylation sites (N-methyl/N-ethyl adjacent to an activating group) is 1. The van der Waals surface area contributed by atoms with Crippen LogP contribution in [0.5, 0.6) is 0 Å². The second-order valence-electron chi connectivity index (χ2n) is 4.81. The number of nitrogen functional groups attached to an aromatic ring is 1. The van der Waals surface area contributed by atoms with Gasteiger partial charge < -0.3 is 21.7 Å². The molecule has 1 aliphatic rings. The predicted molar refractivity (Wildman–Crippen MR) is 76.2 cm³/mol. The summed E-state index contributed by atoms with van der Waals surface area (Å²) in [6, 6.07) is 1.28. The van der Waals surface area contributed by atoms with Crippen LogP contribution in [0.25, 0.3) is 0 Å². The number of anilines is 2. The Morgan fingerprint density at radius 2 is 2.20 bits per heavy atom. The van der Waals surface area contributed by atoms with E-state index in [0.717, 1.165) is 19.3 Å². The number of rotatable bonds is 3. The maximum Gasteiger partial charge on any atom is 0.250 e. The molecule has 1 atom stereocenters. The first kappa shape index (κ1) is 14.1. The minimum absolute atomic E-state index is 0.0519. The fourth-order valence-corrected chi connectivity index (χ4v) is 2.47. The molecule has 0 spiro atoms. The van der Waals surface area contributed by atoms with Gasteiger partial charge in [0.25, 0.3) is 5.91 Å². The van der Waals surface area contributed by atoms with Crippen molar-refractivity contribution in [2.45, 2.75) is 25.3 Å². The second-order valence-corrected chi connectivity index (χ2v) is 4.81. The quantitative estimate of drug-likeness (QED) is 0.712. The van der Waals surface area contributed by atoms with E-state index < -0.39 is 5.91 Å². The molecule has 2 amide bonds. The molecule has 0 aliphatic carbocycles. The third-order valence-corrected chi connectivity index (χ3v) is 3.53. The maximum absolute atomic E-state index is 11.9. The molecule has 20 heavy (non-hydrogen) atoms. The van der Waals surface area contributed by atoms with Gasteiger partial charge in [-0.25, -0.2) is 4.98 Å². The fourth-order valence-electron chi connectivity index (χ4n) is 2.47. The van der Waals surface area contributed by atoms with Gasteiger partial charge in [0.1, 0.15) is 11.9 Å². The number of carbonyl (C=O) groups excluding carboxylic acids is 2. The van der Waals surface area contributed by atoms with Crippen molar-refractivity contribution in [2.75, 3.05) is 24.2 Å². The molecular formula is C13H19N5O2. The van der Waals surface area contributed by atoms with Gasteiger partial charge in [-0.3, -0.25) is 9.59 Å². The summed E-state index contributed by atoms with van der Waals surface area (Å²) in [5.74, 6) is -0.0927. The molecule has 2 rings (SSSR count). The van der Waals surface area contributed by atoms with Crippen molar-refractivity contribution in [3.05, 3.63) is 17.8 Å². The number of hydrogen-bond acceptors (Lipinski definition) is 5. The van der Waals surface area contributed by atoms with Gasteiger partial charge in [-0.2, -0.15) is 0 Å². The Balaban J connectivity index is 2.35. The molecule has 108 valence electrons. The van der Waals surface area contributed by atoms with Crippen molar-refractivity contribution < 1.29 is 9.59 Å². The molecule has 0 radical (unpaired) electrons. The van der Waals surface area contributed by atoms with Gasteiger partial charge in [0.15, 0.2) is 0 Å². The summed E-state index contributed by atoms with van der Waals surface area (Å²) in [5.41, 5.74) is 11.4. The number of hydrogen-bond donors (Lipinski definition) is 3. The Hall–Kier alpha value is -2.31. The minimum Gasteiger partial charge on any atom is -0.397 e. The highest BCUT2D eigenvalue weighted by Gasteiger charge is 2.29. The van der Waals surface area contributed by atoms with Crippen molar-refractivity contribution >= 4 is 23.3 Å². The van der Waals surface area contributed by atoms with Crippen LogP contribution in [0.1, 0.15) is 29.6 Å². The van der Waals surface area contributed by atoms with Crippen LogP contribution in [0, 0.1) is 0 Å². The largest absolute Gasteiger partial charge is 0.397 e. The molecule has 5 N–H and O–H groups in total. The van der Waals surface area contributed by atoms with E-state index in [1.807, 2.05) is 4.90 Å². The van der Waals surface area contributed by atoms with Crippen LogP contribution in [0.15, 0.2) is 12.3 Å². The molecule has 1 aliphatic heterocycles. The third kappa shape index (κ3) is 2.66. The zero-order valence-electron chi connectivity index (χ0n) is 11.4. The van der Waals surface area contributed by atoms with Crippen LogP contribution in [-0.4, -0.2) is 36.4 Å². The molecule has 1 aromatic rings. The van der Waals surface area contributed by atoms with Crippen molar-refractivity contribution in [1.29, 1.82) is 0 Å². The van der Waals surface area contributed by atoms with E-state index in [2.05, 4.69) is 10.3 Å². The van der Waals surface area contributed by atoms with Crippen LogP contribution < -0.4 is 21.7 Å². The Bertz CT molecular complexity index is 531. The van der Waals surface area contributed by atoms with Crippen molar-refractivity contribution in [3.8, 4) is 0 Å². The molecule has 0 bridgehead atoms. The first-order chi connectivity index (χ1) is 9.54. The van der Waals surface area contributed by atoms with E-state index in [9.17, 15) is 9.59 Å². The van der Waals surface area contributed by atoms with Gasteiger partial charge in [0.2, 0.25) is 5.91 Å². The van der Waals surface area contributed by atoms with Gasteiger partial charge in [-0.1, -0.05) is 0 Å². The lowest BCUT2D eigenvalue weighted by molar-refractivity contribution is -0.122. The summed E-state index contributed by atoms with van der Waals surface area (Å²) in [6.45, 7) is 0.715. The van der Waals surface area contributed by atoms with Crippen LogP contribution >= 0.6 is 0 Å². The number of nitrogens with zero attached hydrogens (tertiary/aromatic N) is 2. The Morgan fingerprint density at radius 3 is 2.85 bits per heavy atom. The highest BCUT2D eigenvalue weighted by atomic mass is 16.2. The Kier molecular flexibility index (Phi) is 4.07. The monoisotopic (exact) mass is 277 g/mol. The summed E-state index contributed by atoms with van der Waals surface area (Å²) < 4.78 is 0. The van der Waals surface area contributed by atoms with E-state index in [1.54, 1.807) is 13.1 Å². The fraction of sp³-hybridized carbons (Fsp3) is 0.462. The van der Waals surface area contributed by atoms with E-state index >= 15 is 0 Å². The lowest BCUT2D eigenvalue weighted by Crippen LogP contribution is -2.49. The van der Waals surface area contributed by atoms with E-state index in [0.29, 0.717) is 12.4 Å². The maximum atomic E-state index is 11.9. The van der Waals surface area contributed by atoms with E-state index in [-0.39, 0.29) is 23.2 Å². The summed E-state index contributed by atoms with van der Waals surface area (Å²) in [6.07, 6.45) is 4.14. The highest BCUT2D eigenvalue weighted by molar-refractivity contribution is 5.98. The summed E-state index contributed by atoms with van der Waals surface area (Å²) in [7, 11) is 1.61. The zero-order chi connectivity index (χ0) is 14.7. The molecule has 0 saturated carbocycles. The summed E-state index contributed by atoms with van der Waals surface area (Å²) in [5, 5.41) is 2.66. The SMILES string of the molecule is CNC(=O)C1CCCCN1c1cc(C(N)=O)c(N)cn1. The summed E-state index contributed by atoms with van der Waals surface area (Å²) >= 11 is 0. The van der Waals surface area contributed by atoms with Gasteiger partial charge in [0.05, 0.1) is 17.4 Å². The molecule has 1 fully saturated rings. The first-order valence-corrected chi connectivity index (χ1v) is 6.58. The lowest BCUT2D eigenvalue weighted by atomic mass is 10.0. The number of aromatic nitrogens is 1. The number of piperidine rings is 1. The molecule has 1 unspecified atom stereocenters. The van der Waals surface area contributed by atoms with E-state index in [4.69, 9.17) is 11.5 Å². The molecule has 1 saturated heterocycles. The molecule has 7 nitrogen and oxygen atoms in total. The molecule has 1 aromatic heterocycles. The number of primary amides is 1. The van der Waals surface area contributed by atoms with Crippen LogP contribution in [0.3, 0.4) is 0 Å². The van der Waals surface area contributed by atoms with Gasteiger partial charge >= 0.3 is 0 Å².